The summed E-state index contributed by atoms with van der Waals surface area (Å²) in [5, 5.41) is 12.0. The Morgan fingerprint density at radius 2 is 1.90 bits per heavy atom. The molecule has 4 N–H and O–H groups in total. The van der Waals surface area contributed by atoms with Crippen LogP contribution in [0.5, 0.6) is 0 Å². The summed E-state index contributed by atoms with van der Waals surface area (Å²) in [6, 6.07) is 0.538. The van der Waals surface area contributed by atoms with Crippen molar-refractivity contribution in [1.29, 1.82) is 0 Å². The van der Waals surface area contributed by atoms with E-state index in [4.69, 9.17) is 0 Å². The highest BCUT2D eigenvalue weighted by Crippen LogP contribution is 2.48. The van der Waals surface area contributed by atoms with Crippen LogP contribution >= 0.6 is 0 Å². The molecule has 2 saturated carbocycles. The summed E-state index contributed by atoms with van der Waals surface area (Å²) in [4.78, 5) is 50.1. The molecule has 4 unspecified atom stereocenters. The van der Waals surface area contributed by atoms with Crippen molar-refractivity contribution in [3.63, 3.8) is 0 Å². The second-order valence-electron chi connectivity index (χ2n) is 5.70. The summed E-state index contributed by atoms with van der Waals surface area (Å²) in [5.41, 5.74) is -1.60. The van der Waals surface area contributed by atoms with Gasteiger partial charge in [0.15, 0.2) is 0 Å². The highest BCUT2D eigenvalue weighted by Gasteiger charge is 2.51. The third kappa shape index (κ3) is 2.37. The van der Waals surface area contributed by atoms with Gasteiger partial charge >= 0.3 is 11.7 Å². The van der Waals surface area contributed by atoms with E-state index in [-0.39, 0.29) is 17.5 Å². The third-order valence-electron chi connectivity index (χ3n) is 4.50. The lowest BCUT2D eigenvalue weighted by atomic mass is 9.84. The zero-order valence-electron chi connectivity index (χ0n) is 11.1. The van der Waals surface area contributed by atoms with Gasteiger partial charge in [0.1, 0.15) is 5.69 Å². The van der Waals surface area contributed by atoms with E-state index >= 15 is 0 Å². The molecule has 21 heavy (non-hydrogen) atoms. The van der Waals surface area contributed by atoms with Crippen molar-refractivity contribution < 1.29 is 14.7 Å². The number of aromatic amines is 2. The Balaban J connectivity index is 1.82. The first-order chi connectivity index (χ1) is 9.95. The minimum absolute atomic E-state index is 0.0935. The molecular weight excluding hydrogens is 278 g/mol. The molecule has 0 aromatic carbocycles. The SMILES string of the molecule is O=C(NC1C2CCC(C2)C1C(=O)O)c1cc(=O)[nH]c(=O)[nH]1. The van der Waals surface area contributed by atoms with Crippen LogP contribution < -0.4 is 16.6 Å². The lowest BCUT2D eigenvalue weighted by molar-refractivity contribution is -0.144. The number of rotatable bonds is 3. The first kappa shape index (κ1) is 13.6. The van der Waals surface area contributed by atoms with E-state index in [2.05, 4.69) is 10.3 Å². The van der Waals surface area contributed by atoms with Crippen molar-refractivity contribution in [2.75, 3.05) is 0 Å². The molecule has 1 heterocycles. The van der Waals surface area contributed by atoms with E-state index in [1.165, 1.54) is 0 Å². The van der Waals surface area contributed by atoms with Gasteiger partial charge in [-0.25, -0.2) is 4.79 Å². The standard InChI is InChI=1S/C13H15N3O5/c17-8-4-7(14-13(21)15-8)11(18)16-10-6-2-1-5(3-6)9(10)12(19)20/h4-6,9-10H,1-3H2,(H,16,18)(H,19,20)(H2,14,15,17,21). The van der Waals surface area contributed by atoms with Crippen molar-refractivity contribution in [3.8, 4) is 0 Å². The number of amides is 1. The number of H-pyrrole nitrogens is 2. The summed E-state index contributed by atoms with van der Waals surface area (Å²) >= 11 is 0. The number of carboxylic acid groups (broad SMARTS) is 1. The summed E-state index contributed by atoms with van der Waals surface area (Å²) in [6.07, 6.45) is 2.56. The monoisotopic (exact) mass is 293 g/mol. The molecule has 0 saturated heterocycles. The number of nitrogens with one attached hydrogen (secondary N) is 3. The van der Waals surface area contributed by atoms with Gasteiger partial charge in [-0.15, -0.1) is 0 Å². The lowest BCUT2D eigenvalue weighted by Gasteiger charge is -2.28. The minimum Gasteiger partial charge on any atom is -0.481 e. The molecule has 2 fully saturated rings. The number of hydrogen-bond acceptors (Lipinski definition) is 4. The van der Waals surface area contributed by atoms with E-state index < -0.39 is 35.1 Å². The van der Waals surface area contributed by atoms with Crippen LogP contribution in [0, 0.1) is 17.8 Å². The van der Waals surface area contributed by atoms with E-state index in [1.807, 2.05) is 4.98 Å². The number of aromatic nitrogens is 2. The third-order valence-corrected chi connectivity index (χ3v) is 4.50. The molecule has 0 aliphatic heterocycles. The molecule has 0 radical (unpaired) electrons. The highest BCUT2D eigenvalue weighted by atomic mass is 16.4. The van der Waals surface area contributed by atoms with Crippen molar-refractivity contribution in [3.05, 3.63) is 32.6 Å². The second-order valence-corrected chi connectivity index (χ2v) is 5.70. The van der Waals surface area contributed by atoms with E-state index in [9.17, 15) is 24.3 Å². The molecule has 0 spiro atoms. The maximum absolute atomic E-state index is 12.1. The molecule has 112 valence electrons. The Kier molecular flexibility index (Phi) is 3.15. The number of carbonyl (C=O) groups excluding carboxylic acids is 1. The number of carboxylic acids is 1. The highest BCUT2D eigenvalue weighted by molar-refractivity contribution is 5.92. The minimum atomic E-state index is -0.910. The van der Waals surface area contributed by atoms with Crippen LogP contribution in [0.4, 0.5) is 0 Å². The maximum Gasteiger partial charge on any atom is 0.326 e. The second kappa shape index (κ2) is 4.87. The van der Waals surface area contributed by atoms with Crippen LogP contribution in [0.2, 0.25) is 0 Å². The summed E-state index contributed by atoms with van der Waals surface area (Å²) in [6.45, 7) is 0. The Bertz CT molecular complexity index is 678. The molecular formula is C13H15N3O5. The van der Waals surface area contributed by atoms with E-state index in [0.717, 1.165) is 25.3 Å². The van der Waals surface area contributed by atoms with Crippen LogP contribution in [-0.2, 0) is 4.79 Å². The zero-order chi connectivity index (χ0) is 15.1. The fourth-order valence-electron chi connectivity index (χ4n) is 3.67. The number of aliphatic carboxylic acids is 1. The fraction of sp³-hybridized carbons (Fsp3) is 0.538. The molecule has 2 aliphatic carbocycles. The first-order valence-electron chi connectivity index (χ1n) is 6.83. The van der Waals surface area contributed by atoms with Gasteiger partial charge in [-0.1, -0.05) is 0 Å². The Hall–Kier alpha value is -2.38. The molecule has 4 atom stereocenters. The average Bonchev–Trinajstić information content (AvgIpc) is 2.97. The van der Waals surface area contributed by atoms with Crippen LogP contribution in [0.3, 0.4) is 0 Å². The van der Waals surface area contributed by atoms with Crippen molar-refractivity contribution in [2.24, 2.45) is 17.8 Å². The largest absolute Gasteiger partial charge is 0.481 e. The molecule has 8 heteroatoms. The molecule has 2 bridgehead atoms. The summed E-state index contributed by atoms with van der Waals surface area (Å²) < 4.78 is 0. The van der Waals surface area contributed by atoms with Gasteiger partial charge in [0, 0.05) is 12.1 Å². The predicted octanol–water partition coefficient (Wildman–Crippen LogP) is -0.708. The number of fused-ring (bicyclic) bond motifs is 2. The quantitative estimate of drug-likeness (QED) is 0.584. The van der Waals surface area contributed by atoms with E-state index in [1.54, 1.807) is 0 Å². The van der Waals surface area contributed by atoms with Crippen LogP contribution in [-0.4, -0.2) is 33.0 Å². The van der Waals surface area contributed by atoms with Gasteiger partial charge in [0.05, 0.1) is 5.92 Å². The molecule has 1 aromatic rings. The summed E-state index contributed by atoms with van der Waals surface area (Å²) in [5.74, 6) is -1.89. The van der Waals surface area contributed by atoms with Gasteiger partial charge in [-0.05, 0) is 31.1 Å². The topological polar surface area (TPSA) is 132 Å². The first-order valence-corrected chi connectivity index (χ1v) is 6.83. The van der Waals surface area contributed by atoms with E-state index in [0.29, 0.717) is 0 Å². The van der Waals surface area contributed by atoms with Gasteiger partial charge in [0.25, 0.3) is 11.5 Å². The predicted molar refractivity (Wildman–Crippen MR) is 70.9 cm³/mol. The molecule has 3 rings (SSSR count). The Morgan fingerprint density at radius 3 is 2.57 bits per heavy atom. The average molecular weight is 293 g/mol. The Labute approximate surface area is 118 Å². The van der Waals surface area contributed by atoms with Crippen molar-refractivity contribution >= 4 is 11.9 Å². The van der Waals surface area contributed by atoms with Crippen molar-refractivity contribution in [1.82, 2.24) is 15.3 Å². The summed E-state index contributed by atoms with van der Waals surface area (Å²) in [7, 11) is 0. The van der Waals surface area contributed by atoms with Gasteiger partial charge in [0.2, 0.25) is 0 Å². The number of hydrogen-bond donors (Lipinski definition) is 4. The normalized spacial score (nSPS) is 30.3. The fourth-order valence-corrected chi connectivity index (χ4v) is 3.67. The van der Waals surface area contributed by atoms with Gasteiger partial charge in [-0.2, -0.15) is 0 Å². The van der Waals surface area contributed by atoms with Crippen LogP contribution in [0.15, 0.2) is 15.7 Å². The molecule has 2 aliphatic rings. The Morgan fingerprint density at radius 1 is 1.19 bits per heavy atom. The smallest absolute Gasteiger partial charge is 0.326 e. The zero-order valence-corrected chi connectivity index (χ0v) is 11.1. The van der Waals surface area contributed by atoms with Crippen molar-refractivity contribution in [2.45, 2.75) is 25.3 Å². The van der Waals surface area contributed by atoms with Gasteiger partial charge in [-0.3, -0.25) is 19.4 Å². The maximum atomic E-state index is 12.1. The van der Waals surface area contributed by atoms with Crippen LogP contribution in [0.1, 0.15) is 29.8 Å². The van der Waals surface area contributed by atoms with Gasteiger partial charge < -0.3 is 15.4 Å². The molecule has 1 amide bonds. The van der Waals surface area contributed by atoms with Crippen LogP contribution in [0.25, 0.3) is 0 Å². The molecule has 1 aromatic heterocycles. The molecule has 8 nitrogen and oxygen atoms in total. The number of carbonyl (C=O) groups is 2. The lowest BCUT2D eigenvalue weighted by Crippen LogP contribution is -2.47.